The van der Waals surface area contributed by atoms with E-state index in [-0.39, 0.29) is 11.1 Å². The normalized spacial score (nSPS) is 19.3. The second-order valence-corrected chi connectivity index (χ2v) is 7.38. The van der Waals surface area contributed by atoms with E-state index in [2.05, 4.69) is 89.4 Å². The minimum Gasteiger partial charge on any atom is -0.303 e. The van der Waals surface area contributed by atoms with Crippen molar-refractivity contribution in [2.45, 2.75) is 58.5 Å². The number of allylic oxidation sites excluding steroid dienone is 4. The SMILES string of the molecule is CC1=CC(c2ccccc2C(C)(C)NC(C)(C)C)C=C1. The van der Waals surface area contributed by atoms with Crippen LogP contribution in [0.3, 0.4) is 0 Å². The highest BCUT2D eigenvalue weighted by Gasteiger charge is 2.29. The van der Waals surface area contributed by atoms with Crippen LogP contribution < -0.4 is 5.32 Å². The van der Waals surface area contributed by atoms with E-state index in [1.165, 1.54) is 16.7 Å². The molecule has 1 aromatic carbocycles. The fourth-order valence-electron chi connectivity index (χ4n) is 3.20. The van der Waals surface area contributed by atoms with E-state index >= 15 is 0 Å². The standard InChI is InChI=1S/C19H27N/c1-14-11-12-15(13-14)16-9-7-8-10-17(16)19(5,6)20-18(2,3)4/h7-13,15,20H,1-6H3. The molecule has 1 aliphatic rings. The molecule has 1 aliphatic carbocycles. The van der Waals surface area contributed by atoms with E-state index in [1.54, 1.807) is 0 Å². The molecule has 0 bridgehead atoms. The van der Waals surface area contributed by atoms with Gasteiger partial charge in [-0.3, -0.25) is 0 Å². The van der Waals surface area contributed by atoms with Gasteiger partial charge < -0.3 is 5.32 Å². The largest absolute Gasteiger partial charge is 0.303 e. The Hall–Kier alpha value is -1.34. The van der Waals surface area contributed by atoms with E-state index in [0.717, 1.165) is 0 Å². The summed E-state index contributed by atoms with van der Waals surface area (Å²) in [5, 5.41) is 3.74. The number of nitrogens with one attached hydrogen (secondary N) is 1. The molecule has 0 amide bonds. The zero-order chi connectivity index (χ0) is 15.0. The Morgan fingerprint density at radius 2 is 1.65 bits per heavy atom. The molecule has 0 heterocycles. The van der Waals surface area contributed by atoms with E-state index < -0.39 is 0 Å². The van der Waals surface area contributed by atoms with Crippen LogP contribution in [-0.2, 0) is 5.54 Å². The summed E-state index contributed by atoms with van der Waals surface area (Å²) >= 11 is 0. The molecule has 1 atom stereocenters. The highest BCUT2D eigenvalue weighted by Crippen LogP contribution is 2.34. The Kier molecular flexibility index (Phi) is 3.93. The lowest BCUT2D eigenvalue weighted by Gasteiger charge is -2.37. The van der Waals surface area contributed by atoms with Crippen LogP contribution in [0.15, 0.2) is 48.1 Å². The molecule has 1 nitrogen and oxygen atoms in total. The minimum absolute atomic E-state index is 0.0486. The van der Waals surface area contributed by atoms with Crippen LogP contribution in [0.1, 0.15) is 58.6 Å². The van der Waals surface area contributed by atoms with Crippen LogP contribution in [0.4, 0.5) is 0 Å². The summed E-state index contributed by atoms with van der Waals surface area (Å²) in [5.41, 5.74) is 4.19. The van der Waals surface area contributed by atoms with Crippen molar-refractivity contribution in [2.24, 2.45) is 0 Å². The summed E-state index contributed by atoms with van der Waals surface area (Å²) in [4.78, 5) is 0. The first kappa shape index (κ1) is 15.1. The number of rotatable bonds is 3. The maximum Gasteiger partial charge on any atom is 0.0384 e. The average Bonchev–Trinajstić information content (AvgIpc) is 2.73. The summed E-state index contributed by atoms with van der Waals surface area (Å²) < 4.78 is 0. The lowest BCUT2D eigenvalue weighted by atomic mass is 9.83. The zero-order valence-electron chi connectivity index (χ0n) is 13.6. The summed E-state index contributed by atoms with van der Waals surface area (Å²) in [6.07, 6.45) is 6.85. The molecule has 0 aromatic heterocycles. The highest BCUT2D eigenvalue weighted by molar-refractivity contribution is 5.45. The lowest BCUT2D eigenvalue weighted by Crippen LogP contribution is -2.48. The molecule has 20 heavy (non-hydrogen) atoms. The molecular formula is C19H27N. The van der Waals surface area contributed by atoms with Crippen LogP contribution in [0.25, 0.3) is 0 Å². The number of benzene rings is 1. The zero-order valence-corrected chi connectivity index (χ0v) is 13.6. The average molecular weight is 269 g/mol. The van der Waals surface area contributed by atoms with Crippen LogP contribution in [0, 0.1) is 0 Å². The van der Waals surface area contributed by atoms with Gasteiger partial charge in [-0.2, -0.15) is 0 Å². The fourth-order valence-corrected chi connectivity index (χ4v) is 3.20. The third-order valence-electron chi connectivity index (χ3n) is 3.69. The maximum atomic E-state index is 3.74. The predicted molar refractivity (Wildman–Crippen MR) is 88.0 cm³/mol. The van der Waals surface area contributed by atoms with Crippen molar-refractivity contribution in [1.82, 2.24) is 5.32 Å². The number of hydrogen-bond donors (Lipinski definition) is 1. The Morgan fingerprint density at radius 3 is 2.20 bits per heavy atom. The van der Waals surface area contributed by atoms with Crippen LogP contribution in [0.2, 0.25) is 0 Å². The first-order valence-electron chi connectivity index (χ1n) is 7.44. The van der Waals surface area contributed by atoms with Crippen molar-refractivity contribution in [3.63, 3.8) is 0 Å². The molecule has 1 heteroatoms. The summed E-state index contributed by atoms with van der Waals surface area (Å²) in [6, 6.07) is 8.79. The summed E-state index contributed by atoms with van der Waals surface area (Å²) in [5.74, 6) is 0.409. The van der Waals surface area contributed by atoms with Crippen LogP contribution in [0.5, 0.6) is 0 Å². The van der Waals surface area contributed by atoms with E-state index in [1.807, 2.05) is 0 Å². The second-order valence-electron chi connectivity index (χ2n) is 7.38. The van der Waals surface area contributed by atoms with Gasteiger partial charge in [0.2, 0.25) is 0 Å². The Bertz CT molecular complexity index is 541. The van der Waals surface area contributed by atoms with Crippen molar-refractivity contribution >= 4 is 0 Å². The van der Waals surface area contributed by atoms with Gasteiger partial charge >= 0.3 is 0 Å². The smallest absolute Gasteiger partial charge is 0.0384 e. The predicted octanol–water partition coefficient (Wildman–Crippen LogP) is 4.91. The first-order chi connectivity index (χ1) is 9.19. The van der Waals surface area contributed by atoms with E-state index in [4.69, 9.17) is 0 Å². The molecule has 2 rings (SSSR count). The molecule has 0 saturated heterocycles. The van der Waals surface area contributed by atoms with E-state index in [0.29, 0.717) is 5.92 Å². The molecule has 1 aromatic rings. The molecule has 1 N–H and O–H groups in total. The van der Waals surface area contributed by atoms with Gasteiger partial charge in [-0.25, -0.2) is 0 Å². The molecule has 0 radical (unpaired) electrons. The molecule has 0 fully saturated rings. The minimum atomic E-state index is -0.0486. The Morgan fingerprint density at radius 1 is 1.00 bits per heavy atom. The molecule has 0 spiro atoms. The van der Waals surface area contributed by atoms with Crippen LogP contribution >= 0.6 is 0 Å². The fraction of sp³-hybridized carbons (Fsp3) is 0.474. The van der Waals surface area contributed by atoms with Crippen molar-refractivity contribution in [3.8, 4) is 0 Å². The van der Waals surface area contributed by atoms with Crippen molar-refractivity contribution in [2.75, 3.05) is 0 Å². The Labute approximate surface area is 123 Å². The molecule has 0 aliphatic heterocycles. The monoisotopic (exact) mass is 269 g/mol. The third-order valence-corrected chi connectivity index (χ3v) is 3.69. The van der Waals surface area contributed by atoms with Gasteiger partial charge in [0, 0.05) is 17.0 Å². The summed E-state index contributed by atoms with van der Waals surface area (Å²) in [6.45, 7) is 13.4. The van der Waals surface area contributed by atoms with Gasteiger partial charge in [-0.15, -0.1) is 0 Å². The molecular weight excluding hydrogens is 242 g/mol. The Balaban J connectivity index is 2.40. The van der Waals surface area contributed by atoms with Crippen molar-refractivity contribution < 1.29 is 0 Å². The van der Waals surface area contributed by atoms with Gasteiger partial charge in [0.1, 0.15) is 0 Å². The molecule has 1 unspecified atom stereocenters. The van der Waals surface area contributed by atoms with Gasteiger partial charge in [0.15, 0.2) is 0 Å². The maximum absolute atomic E-state index is 3.74. The van der Waals surface area contributed by atoms with Crippen molar-refractivity contribution in [3.05, 3.63) is 59.2 Å². The quantitative estimate of drug-likeness (QED) is 0.822. The van der Waals surface area contributed by atoms with Gasteiger partial charge in [0.25, 0.3) is 0 Å². The topological polar surface area (TPSA) is 12.0 Å². The molecule has 108 valence electrons. The van der Waals surface area contributed by atoms with Crippen LogP contribution in [-0.4, -0.2) is 5.54 Å². The highest BCUT2D eigenvalue weighted by atomic mass is 15.0. The van der Waals surface area contributed by atoms with Gasteiger partial charge in [0.05, 0.1) is 0 Å². The van der Waals surface area contributed by atoms with Crippen molar-refractivity contribution in [1.29, 1.82) is 0 Å². The first-order valence-corrected chi connectivity index (χ1v) is 7.44. The number of hydrogen-bond acceptors (Lipinski definition) is 1. The van der Waals surface area contributed by atoms with Gasteiger partial charge in [-0.05, 0) is 52.7 Å². The second kappa shape index (κ2) is 5.21. The lowest BCUT2D eigenvalue weighted by molar-refractivity contribution is 0.285. The molecule has 0 saturated carbocycles. The van der Waals surface area contributed by atoms with E-state index in [9.17, 15) is 0 Å². The summed E-state index contributed by atoms with van der Waals surface area (Å²) in [7, 11) is 0. The third kappa shape index (κ3) is 3.40. The van der Waals surface area contributed by atoms with Gasteiger partial charge in [-0.1, -0.05) is 48.1 Å².